The van der Waals surface area contributed by atoms with Crippen molar-refractivity contribution >= 4 is 28.1 Å². The van der Waals surface area contributed by atoms with E-state index in [1.165, 1.54) is 39.0 Å². The van der Waals surface area contributed by atoms with E-state index in [1.807, 2.05) is 16.3 Å². The minimum atomic E-state index is 0.812. The van der Waals surface area contributed by atoms with E-state index >= 15 is 0 Å². The van der Waals surface area contributed by atoms with Crippen molar-refractivity contribution in [1.29, 1.82) is 0 Å². The van der Waals surface area contributed by atoms with Crippen LogP contribution in [0.25, 0.3) is 22.0 Å². The number of anilines is 1. The van der Waals surface area contributed by atoms with E-state index in [0.717, 1.165) is 30.0 Å². The zero-order valence-corrected chi connectivity index (χ0v) is 18.7. The fourth-order valence-corrected chi connectivity index (χ4v) is 5.04. The summed E-state index contributed by atoms with van der Waals surface area (Å²) < 4.78 is 2.04. The first-order valence-corrected chi connectivity index (χ1v) is 11.0. The first kappa shape index (κ1) is 19.6. The number of aryl methyl sites for hydroxylation is 4. The van der Waals surface area contributed by atoms with Crippen LogP contribution >= 0.6 is 11.3 Å². The summed E-state index contributed by atoms with van der Waals surface area (Å²) in [6.07, 6.45) is 2.96. The van der Waals surface area contributed by atoms with Gasteiger partial charge in [-0.1, -0.05) is 36.8 Å². The molecule has 2 aromatic carbocycles. The highest BCUT2D eigenvalue weighted by molar-refractivity contribution is 7.09. The molecule has 0 spiro atoms. The van der Waals surface area contributed by atoms with Crippen molar-refractivity contribution in [2.24, 2.45) is 7.05 Å². The number of hydrogen-bond donors (Lipinski definition) is 0. The molecule has 4 aromatic rings. The summed E-state index contributed by atoms with van der Waals surface area (Å²) in [6.45, 7) is 10.6. The van der Waals surface area contributed by atoms with Crippen molar-refractivity contribution in [3.8, 4) is 11.1 Å². The molecule has 0 radical (unpaired) electrons. The van der Waals surface area contributed by atoms with Crippen LogP contribution in [-0.2, 0) is 13.6 Å². The Hall–Kier alpha value is -2.66. The molecule has 0 N–H and O–H groups in total. The van der Waals surface area contributed by atoms with E-state index in [2.05, 4.69) is 75.0 Å². The molecular weight excluding hydrogens is 376 g/mol. The highest BCUT2D eigenvalue weighted by Crippen LogP contribution is 2.37. The largest absolute Gasteiger partial charge is 0.350 e. The maximum atomic E-state index is 4.98. The lowest BCUT2D eigenvalue weighted by atomic mass is 9.92. The molecule has 2 heterocycles. The fourth-order valence-electron chi connectivity index (χ4n) is 4.41. The lowest BCUT2D eigenvalue weighted by Gasteiger charge is -2.23. The van der Waals surface area contributed by atoms with Crippen LogP contribution in [0, 0.1) is 20.8 Å². The van der Waals surface area contributed by atoms with E-state index in [4.69, 9.17) is 5.10 Å². The van der Waals surface area contributed by atoms with E-state index in [0.29, 0.717) is 0 Å². The molecule has 5 heteroatoms. The molecule has 0 amide bonds. The minimum Gasteiger partial charge on any atom is -0.350 e. The fraction of sp³-hybridized carbons (Fsp3) is 0.333. The Morgan fingerprint density at radius 3 is 2.52 bits per heavy atom. The first-order chi connectivity index (χ1) is 14.0. The molecule has 0 saturated heterocycles. The van der Waals surface area contributed by atoms with Crippen LogP contribution in [0.2, 0.25) is 0 Å². The van der Waals surface area contributed by atoms with Crippen molar-refractivity contribution in [3.05, 3.63) is 63.6 Å². The van der Waals surface area contributed by atoms with Gasteiger partial charge in [0.1, 0.15) is 16.3 Å². The number of nitrogens with zero attached hydrogens (tertiary/aromatic N) is 4. The Kier molecular flexibility index (Phi) is 5.41. The SMILES string of the molecule is CCCN(Cc1nccs1)c1c2cccc(-c3c(C)cc(C)cc3C)c2nn1C. The summed E-state index contributed by atoms with van der Waals surface area (Å²) in [5.41, 5.74) is 7.49. The van der Waals surface area contributed by atoms with Crippen molar-refractivity contribution in [3.63, 3.8) is 0 Å². The molecule has 4 rings (SSSR count). The quantitative estimate of drug-likeness (QED) is 0.393. The minimum absolute atomic E-state index is 0.812. The molecule has 0 unspecified atom stereocenters. The topological polar surface area (TPSA) is 34.0 Å². The van der Waals surface area contributed by atoms with Gasteiger partial charge in [-0.15, -0.1) is 11.3 Å². The number of hydrogen-bond acceptors (Lipinski definition) is 4. The zero-order chi connectivity index (χ0) is 20.5. The second-order valence-corrected chi connectivity index (χ2v) is 8.75. The van der Waals surface area contributed by atoms with Crippen molar-refractivity contribution in [2.75, 3.05) is 11.4 Å². The Morgan fingerprint density at radius 2 is 1.86 bits per heavy atom. The predicted molar refractivity (Wildman–Crippen MR) is 124 cm³/mol. The summed E-state index contributed by atoms with van der Waals surface area (Å²) in [6, 6.07) is 11.1. The monoisotopic (exact) mass is 404 g/mol. The zero-order valence-electron chi connectivity index (χ0n) is 17.9. The van der Waals surface area contributed by atoms with Gasteiger partial charge in [0.25, 0.3) is 0 Å². The molecule has 29 heavy (non-hydrogen) atoms. The van der Waals surface area contributed by atoms with Gasteiger partial charge in [-0.3, -0.25) is 4.68 Å². The molecule has 0 aliphatic carbocycles. The van der Waals surface area contributed by atoms with Gasteiger partial charge in [0.15, 0.2) is 0 Å². The molecule has 0 fully saturated rings. The second kappa shape index (κ2) is 7.99. The highest BCUT2D eigenvalue weighted by atomic mass is 32.1. The molecule has 150 valence electrons. The number of benzene rings is 2. The van der Waals surface area contributed by atoms with Crippen molar-refractivity contribution in [1.82, 2.24) is 14.8 Å². The maximum Gasteiger partial charge on any atom is 0.134 e. The summed E-state index contributed by atoms with van der Waals surface area (Å²) in [5.74, 6) is 1.17. The summed E-state index contributed by atoms with van der Waals surface area (Å²) in [4.78, 5) is 6.91. The lowest BCUT2D eigenvalue weighted by Crippen LogP contribution is -2.25. The van der Waals surface area contributed by atoms with Crippen molar-refractivity contribution in [2.45, 2.75) is 40.7 Å². The average Bonchev–Trinajstić information content (AvgIpc) is 3.28. The van der Waals surface area contributed by atoms with Crippen molar-refractivity contribution < 1.29 is 0 Å². The predicted octanol–water partition coefficient (Wildman–Crippen LogP) is 6.04. The second-order valence-electron chi connectivity index (χ2n) is 7.77. The van der Waals surface area contributed by atoms with E-state index in [9.17, 15) is 0 Å². The standard InChI is InChI=1S/C24H28N4S/c1-6-11-28(15-21-25-10-12-29-21)24-20-9-7-8-19(23(20)26-27(24)5)22-17(3)13-16(2)14-18(22)4/h7-10,12-14H,6,11,15H2,1-5H3. The van der Waals surface area contributed by atoms with Gasteiger partial charge >= 0.3 is 0 Å². The molecule has 0 bridgehead atoms. The maximum absolute atomic E-state index is 4.98. The molecule has 4 nitrogen and oxygen atoms in total. The van der Waals surface area contributed by atoms with E-state index in [-0.39, 0.29) is 0 Å². The smallest absolute Gasteiger partial charge is 0.134 e. The van der Waals surface area contributed by atoms with Crippen LogP contribution in [-0.4, -0.2) is 21.3 Å². The van der Waals surface area contributed by atoms with Gasteiger partial charge in [0, 0.05) is 36.1 Å². The molecule has 2 aromatic heterocycles. The van der Waals surface area contributed by atoms with Crippen LogP contribution in [0.1, 0.15) is 35.0 Å². The molecule has 0 aliphatic rings. The highest BCUT2D eigenvalue weighted by Gasteiger charge is 2.20. The van der Waals surface area contributed by atoms with E-state index < -0.39 is 0 Å². The Bertz CT molecular complexity index is 1120. The molecule has 0 atom stereocenters. The van der Waals surface area contributed by atoms with Crippen LogP contribution in [0.5, 0.6) is 0 Å². The normalized spacial score (nSPS) is 11.3. The Balaban J connectivity index is 1.88. The van der Waals surface area contributed by atoms with Crippen LogP contribution in [0.15, 0.2) is 41.9 Å². The van der Waals surface area contributed by atoms with Crippen LogP contribution in [0.4, 0.5) is 5.82 Å². The summed E-state index contributed by atoms with van der Waals surface area (Å²) in [5, 5.41) is 9.36. The van der Waals surface area contributed by atoms with Gasteiger partial charge in [0.05, 0.1) is 6.54 Å². The lowest BCUT2D eigenvalue weighted by molar-refractivity contribution is 0.692. The van der Waals surface area contributed by atoms with E-state index in [1.54, 1.807) is 11.3 Å². The molecular formula is C24H28N4S. The number of thiazole rings is 1. The van der Waals surface area contributed by atoms with Gasteiger partial charge in [0.2, 0.25) is 0 Å². The van der Waals surface area contributed by atoms with Gasteiger partial charge in [-0.05, 0) is 49.9 Å². The molecule has 0 saturated carbocycles. The molecule has 0 aliphatic heterocycles. The van der Waals surface area contributed by atoms with Gasteiger partial charge in [-0.2, -0.15) is 5.10 Å². The third kappa shape index (κ3) is 3.67. The number of fused-ring (bicyclic) bond motifs is 1. The summed E-state index contributed by atoms with van der Waals surface area (Å²) >= 11 is 1.71. The Labute approximate surface area is 176 Å². The summed E-state index contributed by atoms with van der Waals surface area (Å²) in [7, 11) is 2.05. The van der Waals surface area contributed by atoms with Crippen LogP contribution < -0.4 is 4.90 Å². The Morgan fingerprint density at radius 1 is 1.10 bits per heavy atom. The number of aromatic nitrogens is 3. The van der Waals surface area contributed by atoms with Gasteiger partial charge < -0.3 is 4.90 Å². The van der Waals surface area contributed by atoms with Crippen LogP contribution in [0.3, 0.4) is 0 Å². The average molecular weight is 405 g/mol. The first-order valence-electron chi connectivity index (χ1n) is 10.2. The number of rotatable bonds is 6. The third-order valence-electron chi connectivity index (χ3n) is 5.38. The third-order valence-corrected chi connectivity index (χ3v) is 6.15. The van der Waals surface area contributed by atoms with Gasteiger partial charge in [-0.25, -0.2) is 4.98 Å².